The van der Waals surface area contributed by atoms with Crippen LogP contribution in [0, 0.1) is 5.92 Å². The molecular weight excluding hydrogens is 262 g/mol. The number of aliphatic hydroxyl groups is 1. The molecule has 2 atom stereocenters. The molecule has 2 unspecified atom stereocenters. The van der Waals surface area contributed by atoms with Crippen molar-refractivity contribution in [1.82, 2.24) is 10.6 Å². The smallest absolute Gasteiger partial charge is 0.312 e. The van der Waals surface area contributed by atoms with E-state index in [1.54, 1.807) is 0 Å². The zero-order valence-corrected chi connectivity index (χ0v) is 12.1. The zero-order chi connectivity index (χ0) is 15.2. The van der Waals surface area contributed by atoms with Crippen molar-refractivity contribution >= 4 is 11.9 Å². The normalized spacial score (nSPS) is 20.8. The van der Waals surface area contributed by atoms with Gasteiger partial charge in [0.15, 0.2) is 0 Å². The summed E-state index contributed by atoms with van der Waals surface area (Å²) in [4.78, 5) is 23.1. The standard InChI is InChI=1S/C13H25N3O4/c1-3-9(2)10(16-12(14)18)11(17)15-8-13(19)4-6-20-7-5-13/h9-10,19H,3-8H2,1-2H3,(H,15,17)(H3,14,16,18). The molecule has 0 aromatic rings. The third-order valence-corrected chi connectivity index (χ3v) is 3.81. The van der Waals surface area contributed by atoms with Gasteiger partial charge in [-0.25, -0.2) is 4.79 Å². The highest BCUT2D eigenvalue weighted by Crippen LogP contribution is 2.19. The lowest BCUT2D eigenvalue weighted by Gasteiger charge is -2.33. The first-order valence-corrected chi connectivity index (χ1v) is 7.02. The molecule has 0 aliphatic carbocycles. The lowest BCUT2D eigenvalue weighted by Crippen LogP contribution is -2.55. The third kappa shape index (κ3) is 4.97. The van der Waals surface area contributed by atoms with E-state index < -0.39 is 17.7 Å². The summed E-state index contributed by atoms with van der Waals surface area (Å²) in [6.45, 7) is 4.92. The van der Waals surface area contributed by atoms with Crippen LogP contribution in [0.2, 0.25) is 0 Å². The van der Waals surface area contributed by atoms with E-state index >= 15 is 0 Å². The van der Waals surface area contributed by atoms with Crippen LogP contribution in [0.3, 0.4) is 0 Å². The SMILES string of the molecule is CCC(C)C(NC(N)=O)C(=O)NCC1(O)CCOCC1. The van der Waals surface area contributed by atoms with Crippen LogP contribution in [0.5, 0.6) is 0 Å². The van der Waals surface area contributed by atoms with Gasteiger partial charge in [-0.3, -0.25) is 4.79 Å². The predicted molar refractivity (Wildman–Crippen MR) is 74.0 cm³/mol. The second kappa shape index (κ2) is 7.44. The van der Waals surface area contributed by atoms with E-state index in [1.165, 1.54) is 0 Å². The highest BCUT2D eigenvalue weighted by Gasteiger charge is 2.32. The summed E-state index contributed by atoms with van der Waals surface area (Å²) in [5, 5.41) is 15.4. The molecule has 0 bridgehead atoms. The number of carbonyl (C=O) groups is 2. The van der Waals surface area contributed by atoms with Gasteiger partial charge in [-0.1, -0.05) is 20.3 Å². The average molecular weight is 287 g/mol. The highest BCUT2D eigenvalue weighted by molar-refractivity contribution is 5.86. The molecule has 1 aliphatic rings. The minimum atomic E-state index is -0.930. The molecule has 1 fully saturated rings. The number of carbonyl (C=O) groups excluding carboxylic acids is 2. The fourth-order valence-electron chi connectivity index (χ4n) is 2.14. The van der Waals surface area contributed by atoms with Gasteiger partial charge in [-0.15, -0.1) is 0 Å². The van der Waals surface area contributed by atoms with E-state index in [4.69, 9.17) is 10.5 Å². The maximum Gasteiger partial charge on any atom is 0.312 e. The Kier molecular flexibility index (Phi) is 6.22. The molecule has 5 N–H and O–H groups in total. The molecule has 0 saturated carbocycles. The maximum absolute atomic E-state index is 12.1. The van der Waals surface area contributed by atoms with E-state index in [0.717, 1.165) is 6.42 Å². The molecule has 0 aromatic carbocycles. The molecule has 7 heteroatoms. The summed E-state index contributed by atoms with van der Waals surface area (Å²) in [6.07, 6.45) is 1.71. The van der Waals surface area contributed by atoms with Crippen molar-refractivity contribution in [2.75, 3.05) is 19.8 Å². The molecule has 3 amide bonds. The summed E-state index contributed by atoms with van der Waals surface area (Å²) in [5.41, 5.74) is 4.16. The van der Waals surface area contributed by atoms with Crippen LogP contribution < -0.4 is 16.4 Å². The summed E-state index contributed by atoms with van der Waals surface area (Å²) in [5.74, 6) is -0.357. The molecular formula is C13H25N3O4. The van der Waals surface area contributed by atoms with Crippen molar-refractivity contribution in [1.29, 1.82) is 0 Å². The Labute approximate surface area is 119 Å². The maximum atomic E-state index is 12.1. The van der Waals surface area contributed by atoms with Gasteiger partial charge in [-0.2, -0.15) is 0 Å². The lowest BCUT2D eigenvalue weighted by atomic mass is 9.93. The van der Waals surface area contributed by atoms with Crippen LogP contribution >= 0.6 is 0 Å². The van der Waals surface area contributed by atoms with Crippen LogP contribution in [0.4, 0.5) is 4.79 Å². The minimum absolute atomic E-state index is 0.0353. The van der Waals surface area contributed by atoms with Crippen LogP contribution in [0.1, 0.15) is 33.1 Å². The van der Waals surface area contributed by atoms with E-state index in [1.807, 2.05) is 13.8 Å². The molecule has 0 aromatic heterocycles. The number of primary amides is 1. The number of nitrogens with two attached hydrogens (primary N) is 1. The van der Waals surface area contributed by atoms with Crippen LogP contribution in [0.25, 0.3) is 0 Å². The first-order valence-electron chi connectivity index (χ1n) is 7.02. The molecule has 0 spiro atoms. The number of urea groups is 1. The number of nitrogens with one attached hydrogen (secondary N) is 2. The molecule has 1 aliphatic heterocycles. The van der Waals surface area contributed by atoms with E-state index in [9.17, 15) is 14.7 Å². The van der Waals surface area contributed by atoms with E-state index in [0.29, 0.717) is 26.1 Å². The number of hydrogen-bond acceptors (Lipinski definition) is 4. The van der Waals surface area contributed by atoms with Gasteiger partial charge in [-0.05, 0) is 5.92 Å². The number of rotatable bonds is 6. The Morgan fingerprint density at radius 2 is 2.00 bits per heavy atom. The summed E-state index contributed by atoms with van der Waals surface area (Å²) in [6, 6.07) is -1.41. The van der Waals surface area contributed by atoms with Gasteiger partial charge in [0, 0.05) is 32.6 Å². The van der Waals surface area contributed by atoms with Gasteiger partial charge in [0.1, 0.15) is 6.04 Å². The topological polar surface area (TPSA) is 114 Å². The molecule has 20 heavy (non-hydrogen) atoms. The monoisotopic (exact) mass is 287 g/mol. The predicted octanol–water partition coefficient (Wildman–Crippen LogP) is -0.273. The van der Waals surface area contributed by atoms with Crippen LogP contribution in [-0.4, -0.2) is 48.4 Å². The summed E-state index contributed by atoms with van der Waals surface area (Å²) >= 11 is 0. The molecule has 0 radical (unpaired) electrons. The second-order valence-corrected chi connectivity index (χ2v) is 5.43. The quantitative estimate of drug-likeness (QED) is 0.538. The van der Waals surface area contributed by atoms with Crippen molar-refractivity contribution in [2.45, 2.75) is 44.8 Å². The number of hydrogen-bond donors (Lipinski definition) is 4. The Morgan fingerprint density at radius 3 is 2.50 bits per heavy atom. The highest BCUT2D eigenvalue weighted by atomic mass is 16.5. The molecule has 1 rings (SSSR count). The van der Waals surface area contributed by atoms with Gasteiger partial charge in [0.2, 0.25) is 5.91 Å². The van der Waals surface area contributed by atoms with Crippen molar-refractivity contribution in [3.63, 3.8) is 0 Å². The van der Waals surface area contributed by atoms with Crippen molar-refractivity contribution in [2.24, 2.45) is 11.7 Å². The fraction of sp³-hybridized carbons (Fsp3) is 0.846. The minimum Gasteiger partial charge on any atom is -0.388 e. The van der Waals surface area contributed by atoms with Crippen LogP contribution in [-0.2, 0) is 9.53 Å². The Morgan fingerprint density at radius 1 is 1.40 bits per heavy atom. The molecule has 7 nitrogen and oxygen atoms in total. The van der Waals surface area contributed by atoms with Gasteiger partial charge in [0.25, 0.3) is 0 Å². The van der Waals surface area contributed by atoms with Gasteiger partial charge in [0.05, 0.1) is 5.60 Å². The zero-order valence-electron chi connectivity index (χ0n) is 12.1. The van der Waals surface area contributed by atoms with Crippen molar-refractivity contribution in [3.8, 4) is 0 Å². The van der Waals surface area contributed by atoms with E-state index in [-0.39, 0.29) is 18.4 Å². The Hall–Kier alpha value is -1.34. The Balaban J connectivity index is 2.54. The van der Waals surface area contributed by atoms with Crippen molar-refractivity contribution < 1.29 is 19.4 Å². The second-order valence-electron chi connectivity index (χ2n) is 5.43. The largest absolute Gasteiger partial charge is 0.388 e. The third-order valence-electron chi connectivity index (χ3n) is 3.81. The van der Waals surface area contributed by atoms with Crippen LogP contribution in [0.15, 0.2) is 0 Å². The fourth-order valence-corrected chi connectivity index (χ4v) is 2.14. The average Bonchev–Trinajstić information content (AvgIpc) is 2.42. The summed E-state index contributed by atoms with van der Waals surface area (Å²) in [7, 11) is 0. The first kappa shape index (κ1) is 16.7. The van der Waals surface area contributed by atoms with Crippen molar-refractivity contribution in [3.05, 3.63) is 0 Å². The summed E-state index contributed by atoms with van der Waals surface area (Å²) < 4.78 is 5.18. The first-order chi connectivity index (χ1) is 9.38. The number of amides is 3. The number of ether oxygens (including phenoxy) is 1. The van der Waals surface area contributed by atoms with Gasteiger partial charge >= 0.3 is 6.03 Å². The molecule has 1 saturated heterocycles. The Bertz CT molecular complexity index is 343. The van der Waals surface area contributed by atoms with E-state index in [2.05, 4.69) is 10.6 Å². The lowest BCUT2D eigenvalue weighted by molar-refractivity contribution is -0.126. The van der Waals surface area contributed by atoms with Gasteiger partial charge < -0.3 is 26.2 Å². The molecule has 116 valence electrons. The molecule has 1 heterocycles.